The topological polar surface area (TPSA) is 26.0 Å². The van der Waals surface area contributed by atoms with Gasteiger partial charge in [0.1, 0.15) is 0 Å². The van der Waals surface area contributed by atoms with Crippen LogP contribution in [0.15, 0.2) is 19.9 Å². The van der Waals surface area contributed by atoms with Crippen molar-refractivity contribution in [2.24, 2.45) is 5.73 Å². The Hall–Kier alpha value is 0.360. The molecule has 0 aliphatic rings. The Balaban J connectivity index is 2.89. The van der Waals surface area contributed by atoms with Gasteiger partial charge in [-0.3, -0.25) is 0 Å². The maximum atomic E-state index is 5.59. The fourth-order valence-electron chi connectivity index (χ4n) is 0.941. The van der Waals surface area contributed by atoms with Crippen LogP contribution in [0.4, 0.5) is 0 Å². The molecular weight excluding hydrogens is 314 g/mol. The largest absolute Gasteiger partial charge is 0.327 e. The predicted octanol–water partition coefficient (Wildman–Crippen LogP) is 4.03. The van der Waals surface area contributed by atoms with Crippen molar-refractivity contribution in [3.63, 3.8) is 0 Å². The maximum absolute atomic E-state index is 5.59. The summed E-state index contributed by atoms with van der Waals surface area (Å²) in [5, 5.41) is 0. The SMILES string of the molecule is CCC(=Cc1cc(Br)c(Br)s1)CN. The van der Waals surface area contributed by atoms with E-state index in [4.69, 9.17) is 5.73 Å². The van der Waals surface area contributed by atoms with Crippen LogP contribution in [-0.2, 0) is 0 Å². The van der Waals surface area contributed by atoms with Crippen LogP contribution in [0, 0.1) is 0 Å². The van der Waals surface area contributed by atoms with Gasteiger partial charge >= 0.3 is 0 Å². The van der Waals surface area contributed by atoms with Crippen molar-refractivity contribution in [1.82, 2.24) is 0 Å². The number of nitrogens with two attached hydrogens (primary N) is 1. The third-order valence-electron chi connectivity index (χ3n) is 1.73. The third-order valence-corrected chi connectivity index (χ3v) is 4.93. The van der Waals surface area contributed by atoms with E-state index in [2.05, 4.69) is 50.9 Å². The summed E-state index contributed by atoms with van der Waals surface area (Å²) in [6.07, 6.45) is 3.17. The van der Waals surface area contributed by atoms with Crippen molar-refractivity contribution >= 4 is 49.3 Å². The zero-order valence-corrected chi connectivity index (χ0v) is 11.3. The number of halogens is 2. The predicted molar refractivity (Wildman–Crippen MR) is 67.0 cm³/mol. The van der Waals surface area contributed by atoms with E-state index in [9.17, 15) is 0 Å². The first-order valence-corrected chi connectivity index (χ1v) is 6.42. The van der Waals surface area contributed by atoms with Gasteiger partial charge in [-0.05, 0) is 50.4 Å². The minimum Gasteiger partial charge on any atom is -0.327 e. The van der Waals surface area contributed by atoms with Gasteiger partial charge in [0.2, 0.25) is 0 Å². The lowest BCUT2D eigenvalue weighted by Crippen LogP contribution is -2.01. The van der Waals surface area contributed by atoms with E-state index in [0.29, 0.717) is 6.54 Å². The minimum absolute atomic E-state index is 0.642. The summed E-state index contributed by atoms with van der Waals surface area (Å²) < 4.78 is 2.24. The van der Waals surface area contributed by atoms with Crippen molar-refractivity contribution in [3.8, 4) is 0 Å². The highest BCUT2D eigenvalue weighted by molar-refractivity contribution is 9.13. The van der Waals surface area contributed by atoms with Gasteiger partial charge in [-0.15, -0.1) is 11.3 Å². The van der Waals surface area contributed by atoms with E-state index in [-0.39, 0.29) is 0 Å². The average molecular weight is 325 g/mol. The van der Waals surface area contributed by atoms with Crippen molar-refractivity contribution < 1.29 is 0 Å². The summed E-state index contributed by atoms with van der Waals surface area (Å²) in [6.45, 7) is 2.76. The molecule has 0 unspecified atom stereocenters. The van der Waals surface area contributed by atoms with Gasteiger partial charge in [0.15, 0.2) is 0 Å². The van der Waals surface area contributed by atoms with E-state index in [1.807, 2.05) is 0 Å². The Morgan fingerprint density at radius 3 is 2.69 bits per heavy atom. The van der Waals surface area contributed by atoms with Crippen molar-refractivity contribution in [1.29, 1.82) is 0 Å². The zero-order valence-electron chi connectivity index (χ0n) is 7.31. The lowest BCUT2D eigenvalue weighted by Gasteiger charge is -1.97. The lowest BCUT2D eigenvalue weighted by molar-refractivity contribution is 1.02. The van der Waals surface area contributed by atoms with Crippen LogP contribution in [0.1, 0.15) is 18.2 Å². The zero-order chi connectivity index (χ0) is 9.84. The van der Waals surface area contributed by atoms with Gasteiger partial charge in [0.05, 0.1) is 3.79 Å². The molecule has 0 aliphatic heterocycles. The number of thiophene rings is 1. The lowest BCUT2D eigenvalue weighted by atomic mass is 10.2. The molecule has 0 atom stereocenters. The number of hydrogen-bond donors (Lipinski definition) is 1. The second kappa shape index (κ2) is 5.29. The van der Waals surface area contributed by atoms with Crippen LogP contribution in [0.2, 0.25) is 0 Å². The minimum atomic E-state index is 0.642. The maximum Gasteiger partial charge on any atom is 0.0846 e. The Morgan fingerprint density at radius 1 is 1.62 bits per heavy atom. The Labute approximate surface area is 99.3 Å². The van der Waals surface area contributed by atoms with Crippen LogP contribution in [0.25, 0.3) is 6.08 Å². The Kier molecular flexibility index (Phi) is 4.66. The summed E-state index contributed by atoms with van der Waals surface area (Å²) in [4.78, 5) is 1.24. The molecule has 72 valence electrons. The van der Waals surface area contributed by atoms with Crippen LogP contribution < -0.4 is 5.73 Å². The molecule has 0 aliphatic carbocycles. The highest BCUT2D eigenvalue weighted by atomic mass is 79.9. The first-order valence-electron chi connectivity index (χ1n) is 4.01. The molecule has 0 saturated carbocycles. The molecule has 0 amide bonds. The van der Waals surface area contributed by atoms with Gasteiger partial charge in [-0.2, -0.15) is 0 Å². The highest BCUT2D eigenvalue weighted by Gasteiger charge is 2.02. The molecule has 4 heteroatoms. The van der Waals surface area contributed by atoms with E-state index in [1.165, 1.54) is 10.5 Å². The van der Waals surface area contributed by atoms with Gasteiger partial charge in [0.25, 0.3) is 0 Å². The second-order valence-corrected chi connectivity index (χ2v) is 5.89. The van der Waals surface area contributed by atoms with E-state index in [0.717, 1.165) is 14.7 Å². The molecule has 0 spiro atoms. The van der Waals surface area contributed by atoms with Crippen LogP contribution in [0.5, 0.6) is 0 Å². The van der Waals surface area contributed by atoms with E-state index < -0.39 is 0 Å². The fraction of sp³-hybridized carbons (Fsp3) is 0.333. The molecule has 0 bridgehead atoms. The Morgan fingerprint density at radius 2 is 2.31 bits per heavy atom. The smallest absolute Gasteiger partial charge is 0.0846 e. The molecule has 0 radical (unpaired) electrons. The van der Waals surface area contributed by atoms with Gasteiger partial charge in [-0.1, -0.05) is 12.5 Å². The third kappa shape index (κ3) is 3.20. The summed E-state index contributed by atoms with van der Waals surface area (Å²) in [6, 6.07) is 2.10. The van der Waals surface area contributed by atoms with Gasteiger partial charge in [0, 0.05) is 15.9 Å². The standard InChI is InChI=1S/C9H11Br2NS/c1-2-6(5-12)3-7-4-8(10)9(11)13-7/h3-4H,2,5,12H2,1H3. The van der Waals surface area contributed by atoms with Crippen molar-refractivity contribution in [2.45, 2.75) is 13.3 Å². The summed E-state index contributed by atoms with van der Waals surface area (Å²) in [7, 11) is 0. The molecule has 0 saturated heterocycles. The summed E-state index contributed by atoms with van der Waals surface area (Å²) in [5.74, 6) is 0. The number of hydrogen-bond acceptors (Lipinski definition) is 2. The molecule has 1 nitrogen and oxygen atoms in total. The average Bonchev–Trinajstić information content (AvgIpc) is 2.42. The first kappa shape index (κ1) is 11.4. The second-order valence-electron chi connectivity index (χ2n) is 2.63. The highest BCUT2D eigenvalue weighted by Crippen LogP contribution is 2.33. The van der Waals surface area contributed by atoms with Crippen LogP contribution in [-0.4, -0.2) is 6.54 Å². The summed E-state index contributed by atoms with van der Waals surface area (Å²) >= 11 is 8.63. The molecule has 13 heavy (non-hydrogen) atoms. The molecular formula is C9H11Br2NS. The Bertz CT molecular complexity index is 292. The van der Waals surface area contributed by atoms with Gasteiger partial charge in [-0.25, -0.2) is 0 Å². The van der Waals surface area contributed by atoms with Crippen LogP contribution in [0.3, 0.4) is 0 Å². The van der Waals surface area contributed by atoms with E-state index >= 15 is 0 Å². The fourth-order valence-corrected chi connectivity index (χ4v) is 3.02. The summed E-state index contributed by atoms with van der Waals surface area (Å²) in [5.41, 5.74) is 6.87. The molecule has 0 aromatic carbocycles. The van der Waals surface area contributed by atoms with E-state index in [1.54, 1.807) is 11.3 Å². The normalized spacial score (nSPS) is 12.2. The molecule has 1 rings (SSSR count). The van der Waals surface area contributed by atoms with Gasteiger partial charge < -0.3 is 5.73 Å². The molecule has 2 N–H and O–H groups in total. The van der Waals surface area contributed by atoms with Crippen molar-refractivity contribution in [3.05, 3.63) is 24.8 Å². The van der Waals surface area contributed by atoms with Crippen LogP contribution >= 0.6 is 43.2 Å². The molecule has 0 fully saturated rings. The molecule has 1 aromatic rings. The molecule has 1 aromatic heterocycles. The number of rotatable bonds is 3. The monoisotopic (exact) mass is 323 g/mol. The first-order chi connectivity index (χ1) is 6.17. The quantitative estimate of drug-likeness (QED) is 0.892. The molecule has 1 heterocycles. The van der Waals surface area contributed by atoms with Crippen molar-refractivity contribution in [2.75, 3.05) is 6.54 Å².